The second-order valence-electron chi connectivity index (χ2n) is 4.30. The molecule has 1 aliphatic rings. The predicted octanol–water partition coefficient (Wildman–Crippen LogP) is 1.92. The van der Waals surface area contributed by atoms with Crippen molar-refractivity contribution in [1.29, 1.82) is 5.26 Å². The molecule has 2 rings (SSSR count). The number of nitriles is 1. The van der Waals surface area contributed by atoms with E-state index in [1.54, 1.807) is 0 Å². The van der Waals surface area contributed by atoms with E-state index in [0.717, 1.165) is 12.8 Å². The van der Waals surface area contributed by atoms with E-state index in [0.29, 0.717) is 5.69 Å². The van der Waals surface area contributed by atoms with Crippen molar-refractivity contribution in [3.63, 3.8) is 0 Å². The van der Waals surface area contributed by atoms with Gasteiger partial charge in [0, 0.05) is 12.0 Å². The number of hydrogen-bond donors (Lipinski definition) is 1. The maximum atomic E-state index is 11.4. The van der Waals surface area contributed by atoms with Gasteiger partial charge in [0.05, 0.1) is 0 Å². The molecule has 1 saturated carbocycles. The largest absolute Gasteiger partial charge is 0.415 e. The number of carbonyl (C=O) groups is 1. The monoisotopic (exact) mass is 235 g/mol. The Balaban J connectivity index is 2.09. The summed E-state index contributed by atoms with van der Waals surface area (Å²) in [5.74, 6) is -0.0911. The number of rotatable bonds is 3. The van der Waals surface area contributed by atoms with Crippen molar-refractivity contribution in [2.45, 2.75) is 38.6 Å². The molecule has 6 nitrogen and oxygen atoms in total. The number of hydrogen-bond acceptors (Lipinski definition) is 5. The van der Waals surface area contributed by atoms with Gasteiger partial charge in [-0.2, -0.15) is 5.26 Å². The van der Waals surface area contributed by atoms with Crippen molar-refractivity contribution in [3.8, 4) is 12.0 Å². The first-order chi connectivity index (χ1) is 8.11. The summed E-state index contributed by atoms with van der Waals surface area (Å²) in [5, 5.41) is 15.3. The van der Waals surface area contributed by atoms with Gasteiger partial charge in [-0.3, -0.25) is 0 Å². The molecule has 6 heteroatoms. The van der Waals surface area contributed by atoms with Gasteiger partial charge < -0.3 is 14.6 Å². The van der Waals surface area contributed by atoms with E-state index >= 15 is 0 Å². The summed E-state index contributed by atoms with van der Waals surface area (Å²) in [6.45, 7) is 3.76. The fraction of sp³-hybridized carbons (Fsp3) is 0.545. The van der Waals surface area contributed by atoms with Crippen molar-refractivity contribution in [2.24, 2.45) is 0 Å². The Morgan fingerprint density at radius 1 is 1.65 bits per heavy atom. The zero-order valence-corrected chi connectivity index (χ0v) is 9.69. The molecule has 1 aliphatic carbocycles. The van der Waals surface area contributed by atoms with Gasteiger partial charge in [0.25, 0.3) is 0 Å². The van der Waals surface area contributed by atoms with E-state index < -0.39 is 6.09 Å². The Bertz CT molecular complexity index is 469. The SMILES string of the molecule is CC(C)c1noc(OC(=O)NC2CC2)c1C#N. The van der Waals surface area contributed by atoms with Gasteiger partial charge in [-0.05, 0) is 12.8 Å². The molecule has 1 heterocycles. The lowest BCUT2D eigenvalue weighted by molar-refractivity contribution is 0.179. The summed E-state index contributed by atoms with van der Waals surface area (Å²) in [6, 6.07) is 2.13. The number of nitrogens with one attached hydrogen (secondary N) is 1. The van der Waals surface area contributed by atoms with E-state index in [2.05, 4.69) is 10.5 Å². The minimum Gasteiger partial charge on any atom is -0.373 e. The number of amides is 1. The van der Waals surface area contributed by atoms with E-state index in [-0.39, 0.29) is 23.5 Å². The minimum absolute atomic E-state index is 0.0391. The Morgan fingerprint density at radius 2 is 2.35 bits per heavy atom. The van der Waals surface area contributed by atoms with Crippen LogP contribution in [0.15, 0.2) is 4.52 Å². The molecule has 17 heavy (non-hydrogen) atoms. The Kier molecular flexibility index (Phi) is 3.00. The highest BCUT2D eigenvalue weighted by Gasteiger charge is 2.27. The quantitative estimate of drug-likeness (QED) is 0.864. The molecule has 0 spiro atoms. The van der Waals surface area contributed by atoms with Gasteiger partial charge in [-0.1, -0.05) is 19.0 Å². The first-order valence-corrected chi connectivity index (χ1v) is 5.49. The van der Waals surface area contributed by atoms with Gasteiger partial charge in [0.1, 0.15) is 11.8 Å². The van der Waals surface area contributed by atoms with Crippen molar-refractivity contribution < 1.29 is 14.1 Å². The fourth-order valence-electron chi connectivity index (χ4n) is 1.36. The molecule has 0 unspecified atom stereocenters. The molecule has 0 bridgehead atoms. The van der Waals surface area contributed by atoms with Crippen LogP contribution in [-0.2, 0) is 0 Å². The first kappa shape index (κ1) is 11.5. The fourth-order valence-corrected chi connectivity index (χ4v) is 1.36. The van der Waals surface area contributed by atoms with Crippen LogP contribution < -0.4 is 10.1 Å². The average molecular weight is 235 g/mol. The smallest absolute Gasteiger partial charge is 0.373 e. The summed E-state index contributed by atoms with van der Waals surface area (Å²) in [7, 11) is 0. The molecule has 1 aromatic heterocycles. The van der Waals surface area contributed by atoms with Crippen LogP contribution in [0.25, 0.3) is 0 Å². The van der Waals surface area contributed by atoms with Gasteiger partial charge in [-0.15, -0.1) is 0 Å². The topological polar surface area (TPSA) is 88.2 Å². The van der Waals surface area contributed by atoms with Crippen LogP contribution in [0.5, 0.6) is 5.95 Å². The maximum absolute atomic E-state index is 11.4. The zero-order valence-electron chi connectivity index (χ0n) is 9.69. The van der Waals surface area contributed by atoms with Crippen LogP contribution in [0.2, 0.25) is 0 Å². The van der Waals surface area contributed by atoms with E-state index in [1.165, 1.54) is 0 Å². The lowest BCUT2D eigenvalue weighted by atomic mass is 10.1. The molecular weight excluding hydrogens is 222 g/mol. The van der Waals surface area contributed by atoms with Crippen LogP contribution in [0.4, 0.5) is 4.79 Å². The second kappa shape index (κ2) is 4.45. The summed E-state index contributed by atoms with van der Waals surface area (Å²) < 4.78 is 9.78. The van der Waals surface area contributed by atoms with E-state index in [4.69, 9.17) is 14.5 Å². The molecular formula is C11H13N3O3. The van der Waals surface area contributed by atoms with Crippen molar-refractivity contribution >= 4 is 6.09 Å². The summed E-state index contributed by atoms with van der Waals surface area (Å²) in [6.07, 6.45) is 1.33. The molecule has 1 fully saturated rings. The van der Waals surface area contributed by atoms with Crippen molar-refractivity contribution in [1.82, 2.24) is 10.5 Å². The molecule has 0 aliphatic heterocycles. The zero-order chi connectivity index (χ0) is 12.4. The van der Waals surface area contributed by atoms with Crippen molar-refractivity contribution in [3.05, 3.63) is 11.3 Å². The standard InChI is InChI=1S/C11H13N3O3/c1-6(2)9-8(5-12)10(17-14-9)16-11(15)13-7-3-4-7/h6-7H,3-4H2,1-2H3,(H,13,15). The third-order valence-electron chi connectivity index (χ3n) is 2.43. The third-order valence-corrected chi connectivity index (χ3v) is 2.43. The van der Waals surface area contributed by atoms with Gasteiger partial charge in [0.15, 0.2) is 5.56 Å². The number of ether oxygens (including phenoxy) is 1. The molecule has 1 N–H and O–H groups in total. The first-order valence-electron chi connectivity index (χ1n) is 5.49. The predicted molar refractivity (Wildman–Crippen MR) is 57.5 cm³/mol. The van der Waals surface area contributed by atoms with Crippen LogP contribution in [0.1, 0.15) is 43.9 Å². The Labute approximate surface area is 98.5 Å². The normalized spacial score (nSPS) is 14.5. The summed E-state index contributed by atoms with van der Waals surface area (Å²) >= 11 is 0. The average Bonchev–Trinajstić information content (AvgIpc) is 2.96. The lowest BCUT2D eigenvalue weighted by Crippen LogP contribution is -2.28. The molecule has 1 aromatic rings. The third kappa shape index (κ3) is 2.56. The van der Waals surface area contributed by atoms with Crippen LogP contribution in [0.3, 0.4) is 0 Å². The minimum atomic E-state index is -0.601. The summed E-state index contributed by atoms with van der Waals surface area (Å²) in [5.41, 5.74) is 0.688. The highest BCUT2D eigenvalue weighted by molar-refractivity contribution is 5.71. The van der Waals surface area contributed by atoms with Crippen molar-refractivity contribution in [2.75, 3.05) is 0 Å². The molecule has 0 radical (unpaired) electrons. The number of carbonyl (C=O) groups excluding carboxylic acids is 1. The molecule has 0 saturated heterocycles. The highest BCUT2D eigenvalue weighted by Crippen LogP contribution is 2.27. The Morgan fingerprint density at radius 3 is 2.88 bits per heavy atom. The van der Waals surface area contributed by atoms with Crippen LogP contribution >= 0.6 is 0 Å². The molecule has 1 amide bonds. The number of aromatic nitrogens is 1. The summed E-state index contributed by atoms with van der Waals surface area (Å²) in [4.78, 5) is 11.4. The van der Waals surface area contributed by atoms with Gasteiger partial charge in [0.2, 0.25) is 0 Å². The van der Waals surface area contributed by atoms with Crippen LogP contribution in [-0.4, -0.2) is 17.3 Å². The highest BCUT2D eigenvalue weighted by atomic mass is 16.7. The van der Waals surface area contributed by atoms with E-state index in [1.807, 2.05) is 19.9 Å². The van der Waals surface area contributed by atoms with Crippen LogP contribution in [0, 0.1) is 11.3 Å². The molecule has 90 valence electrons. The van der Waals surface area contributed by atoms with E-state index in [9.17, 15) is 4.79 Å². The molecule has 0 aromatic carbocycles. The second-order valence-corrected chi connectivity index (χ2v) is 4.30. The maximum Gasteiger partial charge on any atom is 0.415 e. The molecule has 0 atom stereocenters. The Hall–Kier alpha value is -2.03. The lowest BCUT2D eigenvalue weighted by Gasteiger charge is -2.01. The van der Waals surface area contributed by atoms with Gasteiger partial charge >= 0.3 is 12.0 Å². The van der Waals surface area contributed by atoms with Gasteiger partial charge in [-0.25, -0.2) is 4.79 Å². The number of nitrogens with zero attached hydrogens (tertiary/aromatic N) is 2.